The second-order valence-electron chi connectivity index (χ2n) is 7.19. The molecule has 1 N–H and O–H groups in total. The minimum atomic E-state index is -0.288. The first kappa shape index (κ1) is 19.9. The van der Waals surface area contributed by atoms with Gasteiger partial charge in [0, 0.05) is 19.2 Å². The van der Waals surface area contributed by atoms with Gasteiger partial charge in [-0.2, -0.15) is 0 Å². The summed E-state index contributed by atoms with van der Waals surface area (Å²) in [5.74, 6) is -0.0237. The molecule has 6 heteroatoms. The van der Waals surface area contributed by atoms with Crippen LogP contribution in [0.1, 0.15) is 36.9 Å². The molecule has 148 valence electrons. The Morgan fingerprint density at radius 3 is 2.46 bits per heavy atom. The van der Waals surface area contributed by atoms with E-state index < -0.39 is 0 Å². The Morgan fingerprint density at radius 2 is 1.86 bits per heavy atom. The average Bonchev–Trinajstić information content (AvgIpc) is 2.70. The second-order valence-corrected chi connectivity index (χ2v) is 7.19. The Balaban J connectivity index is 1.71. The number of halogens is 1. The number of likely N-dealkylation sites (tertiary alicyclic amines) is 1. The van der Waals surface area contributed by atoms with Gasteiger partial charge < -0.3 is 15.0 Å². The zero-order valence-electron chi connectivity index (χ0n) is 16.4. The van der Waals surface area contributed by atoms with Crippen molar-refractivity contribution in [1.29, 1.82) is 0 Å². The lowest BCUT2D eigenvalue weighted by atomic mass is 9.87. The molecular weight excluding hydrogens is 359 g/mol. The van der Waals surface area contributed by atoms with Crippen LogP contribution in [0.2, 0.25) is 0 Å². The molecule has 3 rings (SSSR count). The van der Waals surface area contributed by atoms with E-state index >= 15 is 0 Å². The fourth-order valence-electron chi connectivity index (χ4n) is 3.67. The molecule has 2 aromatic rings. The zero-order chi connectivity index (χ0) is 20.3. The van der Waals surface area contributed by atoms with E-state index in [4.69, 9.17) is 4.74 Å². The summed E-state index contributed by atoms with van der Waals surface area (Å²) in [6.07, 6.45) is 1.32. The molecule has 0 aliphatic carbocycles. The van der Waals surface area contributed by atoms with Gasteiger partial charge in [-0.25, -0.2) is 4.39 Å². The number of amides is 2. The lowest BCUT2D eigenvalue weighted by molar-refractivity contribution is -0.135. The van der Waals surface area contributed by atoms with Gasteiger partial charge in [0.15, 0.2) is 0 Å². The smallest absolute Gasteiger partial charge is 0.229 e. The van der Waals surface area contributed by atoms with E-state index in [9.17, 15) is 14.0 Å². The van der Waals surface area contributed by atoms with Crippen molar-refractivity contribution in [1.82, 2.24) is 4.90 Å². The molecule has 5 nitrogen and oxygen atoms in total. The zero-order valence-corrected chi connectivity index (χ0v) is 16.4. The first-order chi connectivity index (χ1) is 13.4. The predicted octanol–water partition coefficient (Wildman–Crippen LogP) is 4.08. The molecule has 1 saturated heterocycles. The Morgan fingerprint density at radius 1 is 1.14 bits per heavy atom. The Kier molecular flexibility index (Phi) is 5.97. The fourth-order valence-corrected chi connectivity index (χ4v) is 3.67. The van der Waals surface area contributed by atoms with Crippen molar-refractivity contribution < 1.29 is 18.7 Å². The minimum absolute atomic E-state index is 0.0890. The van der Waals surface area contributed by atoms with Gasteiger partial charge in [-0.3, -0.25) is 9.59 Å². The fraction of sp³-hybridized carbons (Fsp3) is 0.364. The molecule has 0 aromatic heterocycles. The third-order valence-corrected chi connectivity index (χ3v) is 5.28. The molecule has 2 amide bonds. The normalized spacial score (nSPS) is 19.2. The van der Waals surface area contributed by atoms with Crippen LogP contribution in [-0.2, 0) is 9.59 Å². The van der Waals surface area contributed by atoms with E-state index in [2.05, 4.69) is 5.32 Å². The number of hydrogen-bond acceptors (Lipinski definition) is 3. The summed E-state index contributed by atoms with van der Waals surface area (Å²) in [6, 6.07) is 11.9. The highest BCUT2D eigenvalue weighted by Gasteiger charge is 2.34. The number of rotatable bonds is 4. The molecule has 1 fully saturated rings. The van der Waals surface area contributed by atoms with Gasteiger partial charge in [0.05, 0.1) is 19.1 Å². The van der Waals surface area contributed by atoms with Gasteiger partial charge in [-0.15, -0.1) is 0 Å². The van der Waals surface area contributed by atoms with Crippen LogP contribution in [0.3, 0.4) is 0 Å². The lowest BCUT2D eigenvalue weighted by Crippen LogP contribution is -2.44. The number of nitrogens with one attached hydrogen (secondary N) is 1. The number of benzene rings is 2. The number of nitrogens with zero attached hydrogens (tertiary/aromatic N) is 1. The van der Waals surface area contributed by atoms with Gasteiger partial charge in [-0.1, -0.05) is 12.1 Å². The van der Waals surface area contributed by atoms with Crippen molar-refractivity contribution in [3.63, 3.8) is 0 Å². The third-order valence-electron chi connectivity index (χ3n) is 5.28. The van der Waals surface area contributed by atoms with E-state index in [1.165, 1.54) is 13.0 Å². The monoisotopic (exact) mass is 384 g/mol. The van der Waals surface area contributed by atoms with E-state index in [-0.39, 0.29) is 29.6 Å². The molecule has 1 aliphatic heterocycles. The van der Waals surface area contributed by atoms with E-state index in [1.807, 2.05) is 0 Å². The topological polar surface area (TPSA) is 58.6 Å². The molecule has 1 aliphatic rings. The molecule has 2 atom stereocenters. The highest BCUT2D eigenvalue weighted by molar-refractivity contribution is 5.93. The van der Waals surface area contributed by atoms with Crippen LogP contribution >= 0.6 is 0 Å². The Labute approximate surface area is 164 Å². The summed E-state index contributed by atoms with van der Waals surface area (Å²) in [4.78, 5) is 26.7. The second kappa shape index (κ2) is 8.42. The van der Waals surface area contributed by atoms with Crippen LogP contribution in [0.5, 0.6) is 5.75 Å². The van der Waals surface area contributed by atoms with Crippen molar-refractivity contribution in [2.75, 3.05) is 19.0 Å². The van der Waals surface area contributed by atoms with Crippen molar-refractivity contribution in [3.8, 4) is 5.75 Å². The van der Waals surface area contributed by atoms with Gasteiger partial charge in [0.25, 0.3) is 0 Å². The minimum Gasteiger partial charge on any atom is -0.497 e. The third kappa shape index (κ3) is 4.32. The van der Waals surface area contributed by atoms with Gasteiger partial charge in [-0.05, 0) is 61.2 Å². The standard InChI is InChI=1S/C22H25FN2O3/c1-14-12-16(4-10-20(14)23)21-11-5-17(13-25(21)15(2)26)22(27)24-18-6-8-19(28-3)9-7-18/h4,6-10,12,17,21H,5,11,13H2,1-3H3,(H,24,27). The quantitative estimate of drug-likeness (QED) is 0.864. The van der Waals surface area contributed by atoms with Crippen LogP contribution in [-0.4, -0.2) is 30.4 Å². The summed E-state index contributed by atoms with van der Waals surface area (Å²) in [6.45, 7) is 3.57. The number of carbonyl (C=O) groups excluding carboxylic acids is 2. The summed E-state index contributed by atoms with van der Waals surface area (Å²) >= 11 is 0. The number of aryl methyl sites for hydroxylation is 1. The van der Waals surface area contributed by atoms with Crippen LogP contribution in [0.25, 0.3) is 0 Å². The maximum Gasteiger partial charge on any atom is 0.229 e. The molecule has 28 heavy (non-hydrogen) atoms. The molecule has 0 bridgehead atoms. The van der Waals surface area contributed by atoms with E-state index in [1.54, 1.807) is 55.3 Å². The van der Waals surface area contributed by atoms with Crippen molar-refractivity contribution >= 4 is 17.5 Å². The molecule has 0 radical (unpaired) electrons. The maximum absolute atomic E-state index is 13.6. The average molecular weight is 384 g/mol. The number of anilines is 1. The van der Waals surface area contributed by atoms with Gasteiger partial charge in [0.1, 0.15) is 11.6 Å². The molecule has 1 heterocycles. The highest BCUT2D eigenvalue weighted by atomic mass is 19.1. The molecule has 2 aromatic carbocycles. The molecular formula is C22H25FN2O3. The number of carbonyl (C=O) groups is 2. The summed E-state index contributed by atoms with van der Waals surface area (Å²) in [7, 11) is 1.59. The lowest BCUT2D eigenvalue weighted by Gasteiger charge is -2.39. The predicted molar refractivity (Wildman–Crippen MR) is 106 cm³/mol. The molecule has 0 spiro atoms. The van der Waals surface area contributed by atoms with Gasteiger partial charge in [0.2, 0.25) is 11.8 Å². The molecule has 2 unspecified atom stereocenters. The summed E-state index contributed by atoms with van der Waals surface area (Å²) in [5, 5.41) is 2.91. The number of methoxy groups -OCH3 is 1. The van der Waals surface area contributed by atoms with Gasteiger partial charge >= 0.3 is 0 Å². The summed E-state index contributed by atoms with van der Waals surface area (Å²) < 4.78 is 18.7. The summed E-state index contributed by atoms with van der Waals surface area (Å²) in [5.41, 5.74) is 2.15. The largest absolute Gasteiger partial charge is 0.497 e. The van der Waals surface area contributed by atoms with Crippen LogP contribution in [0.4, 0.5) is 10.1 Å². The van der Waals surface area contributed by atoms with Crippen molar-refractivity contribution in [2.45, 2.75) is 32.7 Å². The number of hydrogen-bond donors (Lipinski definition) is 1. The van der Waals surface area contributed by atoms with Crippen molar-refractivity contribution in [3.05, 3.63) is 59.4 Å². The van der Waals surface area contributed by atoms with Crippen LogP contribution in [0, 0.1) is 18.7 Å². The highest BCUT2D eigenvalue weighted by Crippen LogP contribution is 2.34. The Bertz CT molecular complexity index is 867. The van der Waals surface area contributed by atoms with Crippen molar-refractivity contribution in [2.24, 2.45) is 5.92 Å². The van der Waals surface area contributed by atoms with E-state index in [0.717, 1.165) is 11.3 Å². The Hall–Kier alpha value is -2.89. The van der Waals surface area contributed by atoms with Crippen LogP contribution in [0.15, 0.2) is 42.5 Å². The number of piperidine rings is 1. The van der Waals surface area contributed by atoms with E-state index in [0.29, 0.717) is 30.6 Å². The first-order valence-corrected chi connectivity index (χ1v) is 9.37. The number of ether oxygens (including phenoxy) is 1. The first-order valence-electron chi connectivity index (χ1n) is 9.37. The SMILES string of the molecule is COc1ccc(NC(=O)C2CCC(c3ccc(F)c(C)c3)N(C(C)=O)C2)cc1. The molecule has 0 saturated carbocycles. The van der Waals surface area contributed by atoms with Crippen LogP contribution < -0.4 is 10.1 Å². The maximum atomic E-state index is 13.6.